The van der Waals surface area contributed by atoms with Crippen molar-refractivity contribution in [3.05, 3.63) is 71.2 Å². The largest absolute Gasteiger partial charge is 0.469 e. The van der Waals surface area contributed by atoms with Gasteiger partial charge in [-0.15, -0.1) is 0 Å². The van der Waals surface area contributed by atoms with Crippen LogP contribution in [0.2, 0.25) is 0 Å². The average molecular weight is 339 g/mol. The standard InChI is InChI=1S/C19H18FN3O2/c1-12-16(11-21-23(12)14-7-5-13(20)6-8-14)19(24)22-17-3-2-4-18-15(17)9-10-25-18/h5-11,17H,2-4H2,1H3,(H,22,24). The third kappa shape index (κ3) is 2.84. The number of carbonyl (C=O) groups is 1. The molecule has 0 radical (unpaired) electrons. The van der Waals surface area contributed by atoms with Crippen molar-refractivity contribution in [3.63, 3.8) is 0 Å². The molecule has 1 atom stereocenters. The van der Waals surface area contributed by atoms with Crippen LogP contribution in [0.25, 0.3) is 5.69 Å². The Morgan fingerprint density at radius 2 is 2.12 bits per heavy atom. The van der Waals surface area contributed by atoms with Crippen molar-refractivity contribution in [3.8, 4) is 5.69 Å². The van der Waals surface area contributed by atoms with Crippen LogP contribution in [0.1, 0.15) is 46.3 Å². The Balaban J connectivity index is 1.57. The first-order valence-corrected chi connectivity index (χ1v) is 8.31. The van der Waals surface area contributed by atoms with E-state index in [1.54, 1.807) is 29.3 Å². The molecule has 0 saturated heterocycles. The van der Waals surface area contributed by atoms with Gasteiger partial charge in [0.25, 0.3) is 5.91 Å². The predicted molar refractivity (Wildman–Crippen MR) is 90.1 cm³/mol. The highest BCUT2D eigenvalue weighted by Crippen LogP contribution is 2.30. The Kier molecular flexibility index (Phi) is 3.87. The minimum atomic E-state index is -0.306. The molecule has 1 aliphatic carbocycles. The maximum atomic E-state index is 13.1. The van der Waals surface area contributed by atoms with Gasteiger partial charge in [-0.05, 0) is 50.1 Å². The van der Waals surface area contributed by atoms with Crippen molar-refractivity contribution in [2.45, 2.75) is 32.2 Å². The van der Waals surface area contributed by atoms with Crippen molar-refractivity contribution >= 4 is 5.91 Å². The molecule has 1 amide bonds. The topological polar surface area (TPSA) is 60.1 Å². The van der Waals surface area contributed by atoms with Crippen LogP contribution in [0.3, 0.4) is 0 Å². The van der Waals surface area contributed by atoms with Gasteiger partial charge < -0.3 is 9.73 Å². The zero-order chi connectivity index (χ0) is 17.4. The van der Waals surface area contributed by atoms with Crippen LogP contribution in [0.4, 0.5) is 4.39 Å². The molecule has 4 rings (SSSR count). The molecule has 1 aromatic carbocycles. The molecule has 25 heavy (non-hydrogen) atoms. The molecule has 2 heterocycles. The molecule has 3 aromatic rings. The average Bonchev–Trinajstić information content (AvgIpc) is 3.23. The van der Waals surface area contributed by atoms with Gasteiger partial charge in [0.1, 0.15) is 11.6 Å². The van der Waals surface area contributed by atoms with Crippen molar-refractivity contribution < 1.29 is 13.6 Å². The Morgan fingerprint density at radius 3 is 2.92 bits per heavy atom. The summed E-state index contributed by atoms with van der Waals surface area (Å²) in [5.41, 5.74) is 3.00. The van der Waals surface area contributed by atoms with E-state index in [9.17, 15) is 9.18 Å². The van der Waals surface area contributed by atoms with Crippen molar-refractivity contribution in [2.75, 3.05) is 0 Å². The fourth-order valence-corrected chi connectivity index (χ4v) is 3.35. The van der Waals surface area contributed by atoms with Crippen molar-refractivity contribution in [1.29, 1.82) is 0 Å². The van der Waals surface area contributed by atoms with Gasteiger partial charge in [0.05, 0.1) is 35.4 Å². The van der Waals surface area contributed by atoms with Gasteiger partial charge >= 0.3 is 0 Å². The number of benzene rings is 1. The van der Waals surface area contributed by atoms with Crippen LogP contribution in [-0.4, -0.2) is 15.7 Å². The Hall–Kier alpha value is -2.89. The lowest BCUT2D eigenvalue weighted by atomic mass is 9.93. The molecule has 1 unspecified atom stereocenters. The molecule has 1 N–H and O–H groups in total. The highest BCUT2D eigenvalue weighted by molar-refractivity contribution is 5.95. The van der Waals surface area contributed by atoms with Crippen LogP contribution < -0.4 is 5.32 Å². The number of aryl methyl sites for hydroxylation is 1. The maximum Gasteiger partial charge on any atom is 0.255 e. The van der Waals surface area contributed by atoms with E-state index in [1.807, 2.05) is 13.0 Å². The summed E-state index contributed by atoms with van der Waals surface area (Å²) in [6, 6.07) is 7.90. The van der Waals surface area contributed by atoms with Crippen LogP contribution in [0, 0.1) is 12.7 Å². The highest BCUT2D eigenvalue weighted by atomic mass is 19.1. The zero-order valence-corrected chi connectivity index (χ0v) is 13.8. The second-order valence-corrected chi connectivity index (χ2v) is 6.25. The molecule has 5 nitrogen and oxygen atoms in total. The first-order valence-electron chi connectivity index (χ1n) is 8.31. The van der Waals surface area contributed by atoms with E-state index in [0.717, 1.165) is 30.6 Å². The van der Waals surface area contributed by atoms with E-state index in [2.05, 4.69) is 10.4 Å². The molecule has 0 bridgehead atoms. The summed E-state index contributed by atoms with van der Waals surface area (Å²) < 4.78 is 20.2. The van der Waals surface area contributed by atoms with Gasteiger partial charge in [-0.3, -0.25) is 4.79 Å². The molecule has 0 spiro atoms. The van der Waals surface area contributed by atoms with Crippen LogP contribution in [-0.2, 0) is 6.42 Å². The molecule has 6 heteroatoms. The van der Waals surface area contributed by atoms with E-state index < -0.39 is 0 Å². The number of carbonyl (C=O) groups excluding carboxylic acids is 1. The lowest BCUT2D eigenvalue weighted by Gasteiger charge is -2.22. The zero-order valence-electron chi connectivity index (χ0n) is 13.8. The molecule has 0 aliphatic heterocycles. The van der Waals surface area contributed by atoms with Gasteiger partial charge in [0.2, 0.25) is 0 Å². The molecular weight excluding hydrogens is 321 g/mol. The van der Waals surface area contributed by atoms with Crippen LogP contribution in [0.15, 0.2) is 47.2 Å². The summed E-state index contributed by atoms with van der Waals surface area (Å²) in [4.78, 5) is 12.7. The quantitative estimate of drug-likeness (QED) is 0.791. The SMILES string of the molecule is Cc1c(C(=O)NC2CCCc3occc32)cnn1-c1ccc(F)cc1. The van der Waals surface area contributed by atoms with Gasteiger partial charge in [-0.25, -0.2) is 9.07 Å². The Labute approximate surface area is 144 Å². The number of fused-ring (bicyclic) bond motifs is 1. The summed E-state index contributed by atoms with van der Waals surface area (Å²) in [5, 5.41) is 7.36. The van der Waals surface area contributed by atoms with Gasteiger partial charge in [-0.2, -0.15) is 5.10 Å². The molecule has 1 aliphatic rings. The van der Waals surface area contributed by atoms with E-state index in [-0.39, 0.29) is 17.8 Å². The normalized spacial score (nSPS) is 16.5. The second kappa shape index (κ2) is 6.20. The molecule has 0 saturated carbocycles. The summed E-state index contributed by atoms with van der Waals surface area (Å²) in [6.07, 6.45) is 6.01. The summed E-state index contributed by atoms with van der Waals surface area (Å²) >= 11 is 0. The first-order chi connectivity index (χ1) is 12.1. The minimum absolute atomic E-state index is 0.0384. The molecule has 2 aromatic heterocycles. The van der Waals surface area contributed by atoms with Crippen molar-refractivity contribution in [1.82, 2.24) is 15.1 Å². The van der Waals surface area contributed by atoms with E-state index in [0.29, 0.717) is 16.9 Å². The fraction of sp³-hybridized carbons (Fsp3) is 0.263. The third-order valence-electron chi connectivity index (χ3n) is 4.68. The number of halogens is 1. The first kappa shape index (κ1) is 15.6. The lowest BCUT2D eigenvalue weighted by Crippen LogP contribution is -2.30. The van der Waals surface area contributed by atoms with Gasteiger partial charge in [0.15, 0.2) is 0 Å². The third-order valence-corrected chi connectivity index (χ3v) is 4.68. The molecular formula is C19H18FN3O2. The number of rotatable bonds is 3. The summed E-state index contributed by atoms with van der Waals surface area (Å²) in [5.74, 6) is 0.486. The van der Waals surface area contributed by atoms with Crippen molar-refractivity contribution in [2.24, 2.45) is 0 Å². The number of aromatic nitrogens is 2. The predicted octanol–water partition coefficient (Wildman–Crippen LogP) is 3.72. The molecule has 128 valence electrons. The van der Waals surface area contributed by atoms with E-state index in [4.69, 9.17) is 4.42 Å². The van der Waals surface area contributed by atoms with Gasteiger partial charge in [-0.1, -0.05) is 0 Å². The Morgan fingerprint density at radius 1 is 1.32 bits per heavy atom. The maximum absolute atomic E-state index is 13.1. The lowest BCUT2D eigenvalue weighted by molar-refractivity contribution is 0.0931. The molecule has 0 fully saturated rings. The fourth-order valence-electron chi connectivity index (χ4n) is 3.35. The number of nitrogens with one attached hydrogen (secondary N) is 1. The monoisotopic (exact) mass is 339 g/mol. The van der Waals surface area contributed by atoms with Crippen LogP contribution >= 0.6 is 0 Å². The number of hydrogen-bond donors (Lipinski definition) is 1. The number of amides is 1. The van der Waals surface area contributed by atoms with Gasteiger partial charge in [0, 0.05) is 12.0 Å². The summed E-state index contributed by atoms with van der Waals surface area (Å²) in [6.45, 7) is 1.83. The van der Waals surface area contributed by atoms with E-state index in [1.165, 1.54) is 12.1 Å². The number of furan rings is 1. The second-order valence-electron chi connectivity index (χ2n) is 6.25. The number of hydrogen-bond acceptors (Lipinski definition) is 3. The Bertz CT molecular complexity index is 911. The highest BCUT2D eigenvalue weighted by Gasteiger charge is 2.25. The van der Waals surface area contributed by atoms with Crippen LogP contribution in [0.5, 0.6) is 0 Å². The smallest absolute Gasteiger partial charge is 0.255 e. The number of nitrogens with zero attached hydrogens (tertiary/aromatic N) is 2. The minimum Gasteiger partial charge on any atom is -0.469 e. The summed E-state index contributed by atoms with van der Waals surface area (Å²) in [7, 11) is 0. The van der Waals surface area contributed by atoms with E-state index >= 15 is 0 Å².